The summed E-state index contributed by atoms with van der Waals surface area (Å²) < 4.78 is 50.7. The summed E-state index contributed by atoms with van der Waals surface area (Å²) >= 11 is 0. The number of anilines is 2. The van der Waals surface area contributed by atoms with Gasteiger partial charge in [-0.3, -0.25) is 4.72 Å². The molecule has 1 saturated heterocycles. The van der Waals surface area contributed by atoms with Crippen LogP contribution in [-0.4, -0.2) is 45.6 Å². The van der Waals surface area contributed by atoms with Crippen LogP contribution < -0.4 is 10.0 Å². The fourth-order valence-electron chi connectivity index (χ4n) is 3.06. The lowest BCUT2D eigenvalue weighted by atomic mass is 10.0. The summed E-state index contributed by atoms with van der Waals surface area (Å²) in [7, 11) is -6.95. The molecule has 2 aromatic carbocycles. The van der Waals surface area contributed by atoms with E-state index in [-0.39, 0.29) is 16.4 Å². The minimum Gasteiger partial charge on any atom is -0.390 e. The lowest BCUT2D eigenvalue weighted by Crippen LogP contribution is -2.31. The average Bonchev–Trinajstić information content (AvgIpc) is 2.88. The highest BCUT2D eigenvalue weighted by molar-refractivity contribution is 7.92. The molecule has 0 radical (unpaired) electrons. The Hall–Kier alpha value is -2.10. The molecule has 0 bridgehead atoms. The minimum absolute atomic E-state index is 0.130. The topological polar surface area (TPSA) is 113 Å². The van der Waals surface area contributed by atoms with Gasteiger partial charge < -0.3 is 10.4 Å². The number of rotatable bonds is 6. The second-order valence-electron chi connectivity index (χ2n) is 7.30. The van der Waals surface area contributed by atoms with Crippen molar-refractivity contribution in [2.24, 2.45) is 0 Å². The molecule has 9 heteroatoms. The SMILES string of the molecule is CC(C)c1ccc(S(=O)(=O)Nc2ccc(N[C@H]3CS(=O)(=O)C[C@H]3O)cc2)cc1. The van der Waals surface area contributed by atoms with Crippen molar-refractivity contribution in [3.63, 3.8) is 0 Å². The van der Waals surface area contributed by atoms with E-state index in [1.165, 1.54) is 0 Å². The molecule has 0 amide bonds. The van der Waals surface area contributed by atoms with Crippen molar-refractivity contribution in [3.8, 4) is 0 Å². The number of aliphatic hydroxyl groups excluding tert-OH is 1. The van der Waals surface area contributed by atoms with E-state index in [0.29, 0.717) is 17.3 Å². The Morgan fingerprint density at radius 3 is 2.04 bits per heavy atom. The Morgan fingerprint density at radius 2 is 1.54 bits per heavy atom. The zero-order valence-corrected chi connectivity index (χ0v) is 17.3. The molecule has 0 aromatic heterocycles. The summed E-state index contributed by atoms with van der Waals surface area (Å²) in [4.78, 5) is 0.179. The molecule has 0 unspecified atom stereocenters. The van der Waals surface area contributed by atoms with Gasteiger partial charge in [-0.15, -0.1) is 0 Å². The number of aliphatic hydroxyl groups is 1. The number of hydrogen-bond acceptors (Lipinski definition) is 6. The van der Waals surface area contributed by atoms with Crippen LogP contribution in [0, 0.1) is 0 Å². The van der Waals surface area contributed by atoms with E-state index < -0.39 is 32.0 Å². The van der Waals surface area contributed by atoms with Gasteiger partial charge in [-0.25, -0.2) is 16.8 Å². The molecule has 1 heterocycles. The van der Waals surface area contributed by atoms with Crippen molar-refractivity contribution in [2.75, 3.05) is 21.5 Å². The van der Waals surface area contributed by atoms with Crippen LogP contribution in [-0.2, 0) is 19.9 Å². The Bertz CT molecular complexity index is 1030. The van der Waals surface area contributed by atoms with Crippen LogP contribution in [0.4, 0.5) is 11.4 Å². The third kappa shape index (κ3) is 4.84. The fourth-order valence-corrected chi connectivity index (χ4v) is 5.86. The van der Waals surface area contributed by atoms with Gasteiger partial charge in [-0.2, -0.15) is 0 Å². The van der Waals surface area contributed by atoms with E-state index in [1.807, 2.05) is 13.8 Å². The number of hydrogen-bond donors (Lipinski definition) is 3. The van der Waals surface area contributed by atoms with Gasteiger partial charge >= 0.3 is 0 Å². The van der Waals surface area contributed by atoms with Crippen LogP contribution in [0.3, 0.4) is 0 Å². The molecule has 0 spiro atoms. The lowest BCUT2D eigenvalue weighted by Gasteiger charge is -2.16. The van der Waals surface area contributed by atoms with Crippen LogP contribution in [0.25, 0.3) is 0 Å². The maximum absolute atomic E-state index is 12.5. The smallest absolute Gasteiger partial charge is 0.261 e. The van der Waals surface area contributed by atoms with Crippen LogP contribution >= 0.6 is 0 Å². The maximum atomic E-state index is 12.5. The van der Waals surface area contributed by atoms with Crippen molar-refractivity contribution in [1.82, 2.24) is 0 Å². The van der Waals surface area contributed by atoms with E-state index in [9.17, 15) is 21.9 Å². The summed E-state index contributed by atoms with van der Waals surface area (Å²) in [5, 5.41) is 12.8. The monoisotopic (exact) mass is 424 g/mol. The van der Waals surface area contributed by atoms with Gasteiger partial charge in [-0.05, 0) is 47.9 Å². The first kappa shape index (κ1) is 20.6. The molecule has 0 saturated carbocycles. The Labute approximate surface area is 165 Å². The third-order valence-corrected chi connectivity index (χ3v) is 7.78. The molecular formula is C19H24N2O5S2. The van der Waals surface area contributed by atoms with E-state index in [0.717, 1.165) is 5.56 Å². The molecule has 152 valence electrons. The highest BCUT2D eigenvalue weighted by Gasteiger charge is 2.36. The van der Waals surface area contributed by atoms with Gasteiger partial charge in [-0.1, -0.05) is 26.0 Å². The molecule has 1 fully saturated rings. The normalized spacial score (nSPS) is 21.6. The van der Waals surface area contributed by atoms with Gasteiger partial charge in [0.05, 0.1) is 28.5 Å². The van der Waals surface area contributed by atoms with Crippen molar-refractivity contribution in [3.05, 3.63) is 54.1 Å². The molecule has 1 aliphatic rings. The Kier molecular flexibility index (Phi) is 5.69. The maximum Gasteiger partial charge on any atom is 0.261 e. The highest BCUT2D eigenvalue weighted by atomic mass is 32.2. The molecule has 3 rings (SSSR count). The number of sulfone groups is 1. The van der Waals surface area contributed by atoms with Crippen molar-refractivity contribution in [2.45, 2.75) is 36.8 Å². The molecule has 28 heavy (non-hydrogen) atoms. The summed E-state index contributed by atoms with van der Waals surface area (Å²) in [6, 6.07) is 12.6. The first-order chi connectivity index (χ1) is 13.1. The molecule has 2 aromatic rings. The summed E-state index contributed by atoms with van der Waals surface area (Å²) in [5.41, 5.74) is 2.05. The van der Waals surface area contributed by atoms with E-state index in [1.54, 1.807) is 48.5 Å². The van der Waals surface area contributed by atoms with Gasteiger partial charge in [0, 0.05) is 11.4 Å². The van der Waals surface area contributed by atoms with Crippen molar-refractivity contribution >= 4 is 31.2 Å². The van der Waals surface area contributed by atoms with Gasteiger partial charge in [0.15, 0.2) is 9.84 Å². The van der Waals surface area contributed by atoms with Gasteiger partial charge in [0.1, 0.15) is 0 Å². The standard InChI is InChI=1S/C19H24N2O5S2/c1-13(2)14-3-9-17(10-4-14)28(25,26)21-16-7-5-15(6-8-16)20-18-11-27(23,24)12-19(18)22/h3-10,13,18-22H,11-12H2,1-2H3/t18-,19+/m0/s1. The minimum atomic E-state index is -3.70. The third-order valence-electron chi connectivity index (χ3n) is 4.67. The van der Waals surface area contributed by atoms with Crippen LogP contribution in [0.2, 0.25) is 0 Å². The molecular weight excluding hydrogens is 400 g/mol. The first-order valence-corrected chi connectivity index (χ1v) is 12.2. The van der Waals surface area contributed by atoms with E-state index in [4.69, 9.17) is 0 Å². The van der Waals surface area contributed by atoms with Gasteiger partial charge in [0.25, 0.3) is 10.0 Å². The van der Waals surface area contributed by atoms with Crippen LogP contribution in [0.1, 0.15) is 25.3 Å². The first-order valence-electron chi connectivity index (χ1n) is 8.94. The lowest BCUT2D eigenvalue weighted by molar-refractivity contribution is 0.190. The quantitative estimate of drug-likeness (QED) is 0.655. The fraction of sp³-hybridized carbons (Fsp3) is 0.368. The molecule has 7 nitrogen and oxygen atoms in total. The zero-order valence-electron chi connectivity index (χ0n) is 15.7. The zero-order chi connectivity index (χ0) is 20.5. The van der Waals surface area contributed by atoms with E-state index >= 15 is 0 Å². The predicted octanol–water partition coefficient (Wildman–Crippen LogP) is 2.18. The summed E-state index contributed by atoms with van der Waals surface area (Å²) in [6.07, 6.45) is -0.961. The van der Waals surface area contributed by atoms with Crippen LogP contribution in [0.15, 0.2) is 53.4 Å². The van der Waals surface area contributed by atoms with Gasteiger partial charge in [0.2, 0.25) is 0 Å². The second kappa shape index (κ2) is 7.73. The number of nitrogens with one attached hydrogen (secondary N) is 2. The molecule has 3 N–H and O–H groups in total. The largest absolute Gasteiger partial charge is 0.390 e. The molecule has 2 atom stereocenters. The number of benzene rings is 2. The Morgan fingerprint density at radius 1 is 0.964 bits per heavy atom. The molecule has 0 aliphatic carbocycles. The predicted molar refractivity (Wildman–Crippen MR) is 110 cm³/mol. The summed E-state index contributed by atoms with van der Waals surface area (Å²) in [5.74, 6) is -0.0642. The van der Waals surface area contributed by atoms with Crippen molar-refractivity contribution < 1.29 is 21.9 Å². The summed E-state index contributed by atoms with van der Waals surface area (Å²) in [6.45, 7) is 4.08. The van der Waals surface area contributed by atoms with Crippen molar-refractivity contribution in [1.29, 1.82) is 0 Å². The number of sulfonamides is 1. The molecule has 1 aliphatic heterocycles. The van der Waals surface area contributed by atoms with E-state index in [2.05, 4.69) is 10.0 Å². The Balaban J connectivity index is 1.68. The van der Waals surface area contributed by atoms with Crippen LogP contribution in [0.5, 0.6) is 0 Å². The average molecular weight is 425 g/mol. The highest BCUT2D eigenvalue weighted by Crippen LogP contribution is 2.23. The second-order valence-corrected chi connectivity index (χ2v) is 11.1.